The van der Waals surface area contributed by atoms with Crippen LogP contribution >= 0.6 is 0 Å². The Morgan fingerprint density at radius 2 is 2.00 bits per heavy atom. The van der Waals surface area contributed by atoms with Crippen molar-refractivity contribution in [1.82, 2.24) is 14.5 Å². The number of H-pyrrole nitrogens is 1. The van der Waals surface area contributed by atoms with Crippen LogP contribution in [0.4, 0.5) is 0 Å². The summed E-state index contributed by atoms with van der Waals surface area (Å²) >= 11 is 0. The summed E-state index contributed by atoms with van der Waals surface area (Å²) in [4.78, 5) is 0. The number of ether oxygens (including phenoxy) is 2. The van der Waals surface area contributed by atoms with Gasteiger partial charge in [0, 0.05) is 25.9 Å². The Hall–Kier alpha value is -0.960. The molecule has 7 nitrogen and oxygen atoms in total. The van der Waals surface area contributed by atoms with Crippen molar-refractivity contribution < 1.29 is 17.9 Å². The molecule has 1 aromatic heterocycles. The molecule has 1 aromatic rings. The maximum atomic E-state index is 12.4. The maximum Gasteiger partial charge on any atom is 0.259 e. The zero-order chi connectivity index (χ0) is 14.2. The fourth-order valence-electron chi connectivity index (χ4n) is 2.93. The van der Waals surface area contributed by atoms with Crippen LogP contribution in [0.15, 0.2) is 17.3 Å². The summed E-state index contributed by atoms with van der Waals surface area (Å²) < 4.78 is 37.5. The topological polar surface area (TPSA) is 84.5 Å². The van der Waals surface area contributed by atoms with Crippen molar-refractivity contribution >= 4 is 10.0 Å². The fraction of sp³-hybridized carbons (Fsp3) is 0.750. The minimum Gasteiger partial charge on any atom is -0.348 e. The van der Waals surface area contributed by atoms with E-state index in [9.17, 15) is 8.42 Å². The van der Waals surface area contributed by atoms with Crippen LogP contribution in [0.1, 0.15) is 25.7 Å². The first-order valence-electron chi connectivity index (χ1n) is 6.79. The SMILES string of the molecule is CN(C1CCC2(CC1)OCCO2)S(=O)(=O)c1ccn[nH]1. The minimum atomic E-state index is -3.50. The van der Waals surface area contributed by atoms with Gasteiger partial charge in [0.2, 0.25) is 0 Å². The Labute approximate surface area is 118 Å². The van der Waals surface area contributed by atoms with Gasteiger partial charge in [-0.1, -0.05) is 0 Å². The number of aromatic amines is 1. The van der Waals surface area contributed by atoms with E-state index in [1.165, 1.54) is 16.6 Å². The molecule has 1 N–H and O–H groups in total. The summed E-state index contributed by atoms with van der Waals surface area (Å²) in [6.45, 7) is 1.26. The lowest BCUT2D eigenvalue weighted by molar-refractivity contribution is -0.181. The molecule has 8 heteroatoms. The monoisotopic (exact) mass is 301 g/mol. The van der Waals surface area contributed by atoms with Gasteiger partial charge >= 0.3 is 0 Å². The van der Waals surface area contributed by atoms with E-state index in [0.29, 0.717) is 13.2 Å². The smallest absolute Gasteiger partial charge is 0.259 e. The molecule has 20 heavy (non-hydrogen) atoms. The van der Waals surface area contributed by atoms with Crippen molar-refractivity contribution in [3.63, 3.8) is 0 Å². The van der Waals surface area contributed by atoms with Gasteiger partial charge in [-0.2, -0.15) is 9.40 Å². The maximum absolute atomic E-state index is 12.4. The van der Waals surface area contributed by atoms with E-state index in [1.54, 1.807) is 7.05 Å². The Balaban J connectivity index is 1.69. The van der Waals surface area contributed by atoms with Crippen molar-refractivity contribution in [2.24, 2.45) is 0 Å². The Bertz CT molecular complexity index is 541. The van der Waals surface area contributed by atoms with Crippen molar-refractivity contribution in [2.75, 3.05) is 20.3 Å². The largest absolute Gasteiger partial charge is 0.348 e. The molecule has 2 heterocycles. The minimum absolute atomic E-state index is 0.0262. The number of sulfonamides is 1. The molecular formula is C12H19N3O4S. The molecule has 1 saturated carbocycles. The molecule has 112 valence electrons. The first-order chi connectivity index (χ1) is 9.54. The van der Waals surface area contributed by atoms with Crippen molar-refractivity contribution in [1.29, 1.82) is 0 Å². The van der Waals surface area contributed by atoms with Crippen LogP contribution in [0.5, 0.6) is 0 Å². The predicted molar refractivity (Wildman–Crippen MR) is 70.4 cm³/mol. The van der Waals surface area contributed by atoms with Crippen molar-refractivity contribution in [3.05, 3.63) is 12.3 Å². The van der Waals surface area contributed by atoms with Gasteiger partial charge in [-0.15, -0.1) is 0 Å². The highest BCUT2D eigenvalue weighted by Gasteiger charge is 2.42. The van der Waals surface area contributed by atoms with Gasteiger partial charge in [-0.05, 0) is 18.9 Å². The second-order valence-corrected chi connectivity index (χ2v) is 7.25. The fourth-order valence-corrected chi connectivity index (χ4v) is 4.24. The molecule has 0 amide bonds. The van der Waals surface area contributed by atoms with E-state index in [0.717, 1.165) is 25.7 Å². The van der Waals surface area contributed by atoms with Gasteiger partial charge in [0.15, 0.2) is 10.8 Å². The van der Waals surface area contributed by atoms with Crippen LogP contribution in [0.2, 0.25) is 0 Å². The Morgan fingerprint density at radius 1 is 1.35 bits per heavy atom. The van der Waals surface area contributed by atoms with Crippen LogP contribution < -0.4 is 0 Å². The summed E-state index contributed by atoms with van der Waals surface area (Å²) in [5.41, 5.74) is 0. The number of hydrogen-bond acceptors (Lipinski definition) is 5. The van der Waals surface area contributed by atoms with E-state index >= 15 is 0 Å². The number of nitrogens with zero attached hydrogens (tertiary/aromatic N) is 2. The van der Waals surface area contributed by atoms with Crippen LogP contribution in [0.25, 0.3) is 0 Å². The second kappa shape index (κ2) is 5.10. The Kier molecular flexibility index (Phi) is 3.57. The zero-order valence-electron chi connectivity index (χ0n) is 11.4. The first-order valence-corrected chi connectivity index (χ1v) is 8.23. The van der Waals surface area contributed by atoms with Gasteiger partial charge in [0.05, 0.1) is 19.4 Å². The molecule has 3 rings (SSSR count). The van der Waals surface area contributed by atoms with E-state index in [2.05, 4.69) is 10.2 Å². The lowest BCUT2D eigenvalue weighted by Crippen LogP contribution is -2.44. The van der Waals surface area contributed by atoms with Gasteiger partial charge in [-0.3, -0.25) is 5.10 Å². The second-order valence-electron chi connectivity index (χ2n) is 5.28. The predicted octanol–water partition coefficient (Wildman–Crippen LogP) is 0.716. The van der Waals surface area contributed by atoms with E-state index in [4.69, 9.17) is 9.47 Å². The van der Waals surface area contributed by atoms with Gasteiger partial charge in [-0.25, -0.2) is 8.42 Å². The molecule has 0 radical (unpaired) electrons. The van der Waals surface area contributed by atoms with Crippen molar-refractivity contribution in [3.8, 4) is 0 Å². The molecule has 0 atom stereocenters. The highest BCUT2D eigenvalue weighted by Crippen LogP contribution is 2.37. The van der Waals surface area contributed by atoms with Gasteiger partial charge < -0.3 is 9.47 Å². The van der Waals surface area contributed by atoms with E-state index in [1.807, 2.05) is 0 Å². The molecule has 0 bridgehead atoms. The van der Waals surface area contributed by atoms with Gasteiger partial charge in [0.1, 0.15) is 0 Å². The Morgan fingerprint density at radius 3 is 2.55 bits per heavy atom. The molecule has 1 aliphatic heterocycles. The van der Waals surface area contributed by atoms with Gasteiger partial charge in [0.25, 0.3) is 10.0 Å². The van der Waals surface area contributed by atoms with Crippen LogP contribution in [0, 0.1) is 0 Å². The van der Waals surface area contributed by atoms with E-state index in [-0.39, 0.29) is 11.1 Å². The number of nitrogens with one attached hydrogen (secondary N) is 1. The summed E-state index contributed by atoms with van der Waals surface area (Å²) in [5.74, 6) is -0.463. The number of aromatic nitrogens is 2. The average molecular weight is 301 g/mol. The summed E-state index contributed by atoms with van der Waals surface area (Å²) in [7, 11) is -1.88. The van der Waals surface area contributed by atoms with Crippen LogP contribution in [0.3, 0.4) is 0 Å². The third kappa shape index (κ3) is 2.37. The van der Waals surface area contributed by atoms with Crippen molar-refractivity contribution in [2.45, 2.75) is 42.5 Å². The summed E-state index contributed by atoms with van der Waals surface area (Å²) in [5, 5.41) is 6.35. The third-order valence-electron chi connectivity index (χ3n) is 4.18. The standard InChI is InChI=1S/C12H19N3O4S/c1-15(20(16,17)11-4-7-13-14-11)10-2-5-12(6-3-10)18-8-9-19-12/h4,7,10H,2-3,5-6,8-9H2,1H3,(H,13,14). The normalized spacial score (nSPS) is 23.7. The zero-order valence-corrected chi connectivity index (χ0v) is 12.2. The number of rotatable bonds is 3. The summed E-state index contributed by atoms with van der Waals surface area (Å²) in [6, 6.07) is 1.45. The molecule has 1 aliphatic carbocycles. The number of hydrogen-bond donors (Lipinski definition) is 1. The van der Waals surface area contributed by atoms with E-state index < -0.39 is 15.8 Å². The summed E-state index contributed by atoms with van der Waals surface area (Å²) in [6.07, 6.45) is 4.39. The lowest BCUT2D eigenvalue weighted by atomic mass is 9.90. The quantitative estimate of drug-likeness (QED) is 0.889. The third-order valence-corrected chi connectivity index (χ3v) is 6.02. The molecule has 0 aromatic carbocycles. The van der Waals surface area contributed by atoms with Crippen LogP contribution in [-0.2, 0) is 19.5 Å². The molecular weight excluding hydrogens is 282 g/mol. The lowest BCUT2D eigenvalue weighted by Gasteiger charge is -2.38. The molecule has 1 spiro atoms. The average Bonchev–Trinajstić information content (AvgIpc) is 3.11. The highest BCUT2D eigenvalue weighted by atomic mass is 32.2. The molecule has 2 fully saturated rings. The molecule has 2 aliphatic rings. The highest BCUT2D eigenvalue weighted by molar-refractivity contribution is 7.89. The van der Waals surface area contributed by atoms with Crippen LogP contribution in [-0.4, -0.2) is 55.0 Å². The first kappa shape index (κ1) is 14.0. The molecule has 1 saturated heterocycles. The molecule has 0 unspecified atom stereocenters.